The molecule has 0 aromatic rings. The van der Waals surface area contributed by atoms with Crippen LogP contribution in [0.5, 0.6) is 0 Å². The maximum Gasteiger partial charge on any atom is 0.351 e. The molecule has 2 rings (SSSR count). The van der Waals surface area contributed by atoms with E-state index in [2.05, 4.69) is 0 Å². The SMILES string of the molecule is CC(=O)O[C@@]12C[C@]1(C)CCCCOC2=O. The van der Waals surface area contributed by atoms with Crippen LogP contribution in [0, 0.1) is 5.41 Å². The van der Waals surface area contributed by atoms with Crippen molar-refractivity contribution >= 4 is 11.9 Å². The molecular formula is C11H16O4. The number of carbonyl (C=O) groups is 2. The number of hydrogen-bond acceptors (Lipinski definition) is 4. The third-order valence-electron chi connectivity index (χ3n) is 3.49. The van der Waals surface area contributed by atoms with Crippen LogP contribution in [0.15, 0.2) is 0 Å². The molecule has 1 heterocycles. The van der Waals surface area contributed by atoms with Gasteiger partial charge in [-0.1, -0.05) is 6.92 Å². The highest BCUT2D eigenvalue weighted by atomic mass is 16.6. The fourth-order valence-corrected chi connectivity index (χ4v) is 2.46. The molecule has 15 heavy (non-hydrogen) atoms. The molecule has 1 saturated heterocycles. The van der Waals surface area contributed by atoms with E-state index in [9.17, 15) is 9.59 Å². The Kier molecular flexibility index (Phi) is 2.24. The number of esters is 2. The lowest BCUT2D eigenvalue weighted by atomic mass is 9.95. The highest BCUT2D eigenvalue weighted by Gasteiger charge is 2.73. The quantitative estimate of drug-likeness (QED) is 0.617. The first-order chi connectivity index (χ1) is 7.00. The van der Waals surface area contributed by atoms with Crippen molar-refractivity contribution in [2.45, 2.75) is 45.1 Å². The molecule has 0 bridgehead atoms. The normalized spacial score (nSPS) is 39.5. The van der Waals surface area contributed by atoms with Crippen molar-refractivity contribution in [1.29, 1.82) is 0 Å². The minimum absolute atomic E-state index is 0.198. The number of rotatable bonds is 1. The van der Waals surface area contributed by atoms with Crippen molar-refractivity contribution in [2.24, 2.45) is 5.41 Å². The summed E-state index contributed by atoms with van der Waals surface area (Å²) in [5, 5.41) is 0. The second-order valence-electron chi connectivity index (χ2n) is 4.75. The molecule has 1 aliphatic heterocycles. The summed E-state index contributed by atoms with van der Waals surface area (Å²) in [4.78, 5) is 22.8. The summed E-state index contributed by atoms with van der Waals surface area (Å²) in [5.74, 6) is -0.767. The first kappa shape index (κ1) is 10.5. The van der Waals surface area contributed by atoms with E-state index in [1.165, 1.54) is 6.92 Å². The molecule has 0 spiro atoms. The number of fused-ring (bicyclic) bond motifs is 1. The smallest absolute Gasteiger partial charge is 0.351 e. The predicted octanol–water partition coefficient (Wildman–Crippen LogP) is 1.43. The summed E-state index contributed by atoms with van der Waals surface area (Å²) in [5.41, 5.74) is -1.17. The lowest BCUT2D eigenvalue weighted by molar-refractivity contribution is -0.174. The van der Waals surface area contributed by atoms with E-state index < -0.39 is 11.6 Å². The maximum absolute atomic E-state index is 11.8. The number of ether oxygens (including phenoxy) is 2. The molecule has 1 aliphatic carbocycles. The molecule has 0 aromatic heterocycles. The van der Waals surface area contributed by atoms with Crippen LogP contribution in [-0.2, 0) is 19.1 Å². The molecule has 0 amide bonds. The summed E-state index contributed by atoms with van der Waals surface area (Å²) in [6, 6.07) is 0. The van der Waals surface area contributed by atoms with Crippen LogP contribution >= 0.6 is 0 Å². The van der Waals surface area contributed by atoms with Crippen LogP contribution in [-0.4, -0.2) is 24.1 Å². The monoisotopic (exact) mass is 212 g/mol. The Labute approximate surface area is 88.9 Å². The van der Waals surface area contributed by atoms with Crippen molar-refractivity contribution in [3.63, 3.8) is 0 Å². The summed E-state index contributed by atoms with van der Waals surface area (Å²) in [6.07, 6.45) is 3.46. The zero-order chi connectivity index (χ0) is 11.1. The third kappa shape index (κ3) is 1.52. The summed E-state index contributed by atoms with van der Waals surface area (Å²) < 4.78 is 10.3. The van der Waals surface area contributed by atoms with E-state index in [0.29, 0.717) is 13.0 Å². The second-order valence-corrected chi connectivity index (χ2v) is 4.75. The Hall–Kier alpha value is -1.06. The van der Waals surface area contributed by atoms with Crippen LogP contribution in [0.2, 0.25) is 0 Å². The van der Waals surface area contributed by atoms with Crippen LogP contribution in [0.1, 0.15) is 39.5 Å². The van der Waals surface area contributed by atoms with Gasteiger partial charge in [0.25, 0.3) is 0 Å². The van der Waals surface area contributed by atoms with Crippen molar-refractivity contribution in [3.05, 3.63) is 0 Å². The topological polar surface area (TPSA) is 52.6 Å². The van der Waals surface area contributed by atoms with Crippen molar-refractivity contribution in [1.82, 2.24) is 0 Å². The van der Waals surface area contributed by atoms with Gasteiger partial charge < -0.3 is 9.47 Å². The van der Waals surface area contributed by atoms with Gasteiger partial charge in [-0.3, -0.25) is 4.79 Å². The average molecular weight is 212 g/mol. The van der Waals surface area contributed by atoms with E-state index in [-0.39, 0.29) is 11.4 Å². The van der Waals surface area contributed by atoms with Crippen LogP contribution < -0.4 is 0 Å². The highest BCUT2D eigenvalue weighted by Crippen LogP contribution is 2.62. The van der Waals surface area contributed by atoms with Crippen LogP contribution in [0.3, 0.4) is 0 Å². The van der Waals surface area contributed by atoms with Crippen molar-refractivity contribution in [2.75, 3.05) is 6.61 Å². The Morgan fingerprint density at radius 1 is 1.47 bits per heavy atom. The van der Waals surface area contributed by atoms with Crippen molar-refractivity contribution in [3.8, 4) is 0 Å². The summed E-state index contributed by atoms with van der Waals surface area (Å²) in [6.45, 7) is 3.76. The highest BCUT2D eigenvalue weighted by molar-refractivity contribution is 5.88. The third-order valence-corrected chi connectivity index (χ3v) is 3.49. The Bertz CT molecular complexity index is 312. The molecule has 4 heteroatoms. The van der Waals surface area contributed by atoms with Crippen LogP contribution in [0.4, 0.5) is 0 Å². The van der Waals surface area contributed by atoms with Gasteiger partial charge in [-0.05, 0) is 19.3 Å². The fraction of sp³-hybridized carbons (Fsp3) is 0.818. The molecule has 0 N–H and O–H groups in total. The maximum atomic E-state index is 11.8. The first-order valence-corrected chi connectivity index (χ1v) is 5.37. The lowest BCUT2D eigenvalue weighted by Gasteiger charge is -2.23. The van der Waals surface area contributed by atoms with Gasteiger partial charge in [0.2, 0.25) is 5.60 Å². The standard InChI is InChI=1S/C11H16O4/c1-8(12)15-11-7-10(11,2)5-3-4-6-14-9(11)13/h3-7H2,1-2H3/t10-,11+/m0/s1. The molecule has 4 nitrogen and oxygen atoms in total. The summed E-state index contributed by atoms with van der Waals surface area (Å²) in [7, 11) is 0. The van der Waals surface area contributed by atoms with E-state index in [4.69, 9.17) is 9.47 Å². The predicted molar refractivity (Wildman–Crippen MR) is 52.0 cm³/mol. The van der Waals surface area contributed by atoms with Gasteiger partial charge in [-0.2, -0.15) is 0 Å². The van der Waals surface area contributed by atoms with E-state index in [0.717, 1.165) is 19.3 Å². The van der Waals surface area contributed by atoms with Gasteiger partial charge >= 0.3 is 11.9 Å². The lowest BCUT2D eigenvalue weighted by Crippen LogP contribution is -2.37. The Morgan fingerprint density at radius 3 is 2.87 bits per heavy atom. The Balaban J connectivity index is 2.20. The van der Waals surface area contributed by atoms with Gasteiger partial charge in [-0.25, -0.2) is 4.79 Å². The zero-order valence-corrected chi connectivity index (χ0v) is 9.17. The molecule has 84 valence electrons. The second kappa shape index (κ2) is 3.22. The van der Waals surface area contributed by atoms with E-state index >= 15 is 0 Å². The zero-order valence-electron chi connectivity index (χ0n) is 9.17. The minimum atomic E-state index is -0.973. The Morgan fingerprint density at radius 2 is 2.20 bits per heavy atom. The largest absolute Gasteiger partial charge is 0.463 e. The minimum Gasteiger partial charge on any atom is -0.463 e. The summed E-state index contributed by atoms with van der Waals surface area (Å²) >= 11 is 0. The van der Waals surface area contributed by atoms with E-state index in [1.54, 1.807) is 0 Å². The number of carbonyl (C=O) groups excluding carboxylic acids is 2. The molecule has 0 radical (unpaired) electrons. The van der Waals surface area contributed by atoms with Gasteiger partial charge in [-0.15, -0.1) is 0 Å². The van der Waals surface area contributed by atoms with Gasteiger partial charge in [0.15, 0.2) is 0 Å². The number of hydrogen-bond donors (Lipinski definition) is 0. The molecular weight excluding hydrogens is 196 g/mol. The van der Waals surface area contributed by atoms with Gasteiger partial charge in [0.05, 0.1) is 6.61 Å². The molecule has 0 aromatic carbocycles. The molecule has 1 saturated carbocycles. The number of cyclic esters (lactones) is 1. The first-order valence-electron chi connectivity index (χ1n) is 5.37. The van der Waals surface area contributed by atoms with E-state index in [1.807, 2.05) is 6.92 Å². The average Bonchev–Trinajstić information content (AvgIpc) is 2.68. The fourth-order valence-electron chi connectivity index (χ4n) is 2.46. The van der Waals surface area contributed by atoms with Crippen molar-refractivity contribution < 1.29 is 19.1 Å². The van der Waals surface area contributed by atoms with Crippen LogP contribution in [0.25, 0.3) is 0 Å². The molecule has 2 aliphatic rings. The van der Waals surface area contributed by atoms with Gasteiger partial charge in [0.1, 0.15) is 0 Å². The van der Waals surface area contributed by atoms with Gasteiger partial charge in [0, 0.05) is 18.8 Å². The molecule has 2 atom stereocenters. The molecule has 2 fully saturated rings. The molecule has 0 unspecified atom stereocenters.